The van der Waals surface area contributed by atoms with Gasteiger partial charge in [0.05, 0.1) is 0 Å². The number of allylic oxidation sites excluding steroid dienone is 4. The van der Waals surface area contributed by atoms with E-state index in [-0.39, 0.29) is 6.04 Å². The highest BCUT2D eigenvalue weighted by atomic mass is 14.6. The van der Waals surface area contributed by atoms with E-state index in [0.717, 1.165) is 6.42 Å². The summed E-state index contributed by atoms with van der Waals surface area (Å²) in [6.07, 6.45) is 9.56. The second-order valence-corrected chi connectivity index (χ2v) is 3.07. The van der Waals surface area contributed by atoms with Gasteiger partial charge in [-0.15, -0.1) is 0 Å². The van der Waals surface area contributed by atoms with Gasteiger partial charge in [0, 0.05) is 6.04 Å². The van der Waals surface area contributed by atoms with Crippen molar-refractivity contribution in [2.75, 3.05) is 0 Å². The normalized spacial score (nSPS) is 20.3. The summed E-state index contributed by atoms with van der Waals surface area (Å²) in [7, 11) is 0. The molecule has 11 heavy (non-hydrogen) atoms. The third kappa shape index (κ3) is 2.35. The third-order valence-corrected chi connectivity index (χ3v) is 1.84. The van der Waals surface area contributed by atoms with Crippen LogP contribution in [0.5, 0.6) is 0 Å². The Labute approximate surface area is 68.3 Å². The van der Waals surface area contributed by atoms with Crippen molar-refractivity contribution in [1.29, 1.82) is 0 Å². The van der Waals surface area contributed by atoms with Crippen molar-refractivity contribution in [2.45, 2.75) is 26.3 Å². The van der Waals surface area contributed by atoms with Crippen molar-refractivity contribution in [1.82, 2.24) is 0 Å². The molecule has 0 bridgehead atoms. The Balaban J connectivity index is 2.81. The molecule has 0 aromatic rings. The zero-order chi connectivity index (χ0) is 8.27. The lowest BCUT2D eigenvalue weighted by Gasteiger charge is -2.03. The van der Waals surface area contributed by atoms with Crippen molar-refractivity contribution in [3.8, 4) is 0 Å². The molecule has 0 saturated heterocycles. The maximum atomic E-state index is 5.73. The van der Waals surface area contributed by atoms with Crippen LogP contribution in [-0.4, -0.2) is 6.04 Å². The minimum Gasteiger partial charge on any atom is -0.324 e. The van der Waals surface area contributed by atoms with Crippen LogP contribution in [0, 0.1) is 0 Å². The van der Waals surface area contributed by atoms with Crippen molar-refractivity contribution >= 4 is 0 Å². The summed E-state index contributed by atoms with van der Waals surface area (Å²) in [5, 5.41) is 0. The maximum absolute atomic E-state index is 5.73. The fourth-order valence-electron chi connectivity index (χ4n) is 1.05. The molecule has 2 N–H and O–H groups in total. The number of rotatable bonds is 1. The van der Waals surface area contributed by atoms with Gasteiger partial charge < -0.3 is 5.73 Å². The summed E-state index contributed by atoms with van der Waals surface area (Å²) in [6, 6.07) is 0.147. The molecule has 0 amide bonds. The number of nitrogens with two attached hydrogens (primary N) is 1. The largest absolute Gasteiger partial charge is 0.324 e. The first kappa shape index (κ1) is 8.28. The molecular weight excluding hydrogens is 134 g/mol. The van der Waals surface area contributed by atoms with Gasteiger partial charge in [-0.1, -0.05) is 29.9 Å². The second-order valence-electron chi connectivity index (χ2n) is 3.07. The summed E-state index contributed by atoms with van der Waals surface area (Å²) < 4.78 is 0. The molecule has 0 spiro atoms. The van der Waals surface area contributed by atoms with E-state index >= 15 is 0 Å². The lowest BCUT2D eigenvalue weighted by molar-refractivity contribution is 0.885. The van der Waals surface area contributed by atoms with Gasteiger partial charge in [-0.25, -0.2) is 0 Å². The fourth-order valence-corrected chi connectivity index (χ4v) is 1.05. The van der Waals surface area contributed by atoms with Gasteiger partial charge in [-0.05, 0) is 25.8 Å². The van der Waals surface area contributed by atoms with Crippen LogP contribution in [0.3, 0.4) is 0 Å². The maximum Gasteiger partial charge on any atom is 0.0265 e. The molecule has 0 aromatic heterocycles. The standard InChI is InChI=1S/C10H15N/c1-8-4-3-5-10(7-6-8)9(2)11/h3,5-7,9H,4,11H2,1-2H3. The van der Waals surface area contributed by atoms with E-state index < -0.39 is 0 Å². The van der Waals surface area contributed by atoms with Crippen molar-refractivity contribution in [3.63, 3.8) is 0 Å². The van der Waals surface area contributed by atoms with Crippen LogP contribution in [0.15, 0.2) is 35.5 Å². The van der Waals surface area contributed by atoms with Gasteiger partial charge in [0.15, 0.2) is 0 Å². The summed E-state index contributed by atoms with van der Waals surface area (Å²) >= 11 is 0. The van der Waals surface area contributed by atoms with E-state index in [1.807, 2.05) is 6.92 Å². The van der Waals surface area contributed by atoms with Gasteiger partial charge in [-0.3, -0.25) is 0 Å². The Morgan fingerprint density at radius 1 is 1.45 bits per heavy atom. The summed E-state index contributed by atoms with van der Waals surface area (Å²) in [4.78, 5) is 0. The highest BCUT2D eigenvalue weighted by Crippen LogP contribution is 2.11. The second kappa shape index (κ2) is 3.54. The topological polar surface area (TPSA) is 26.0 Å². The van der Waals surface area contributed by atoms with Crippen molar-refractivity contribution in [3.05, 3.63) is 35.5 Å². The first-order valence-electron chi connectivity index (χ1n) is 3.99. The van der Waals surface area contributed by atoms with Gasteiger partial charge in [0.25, 0.3) is 0 Å². The molecule has 0 aromatic carbocycles. The van der Waals surface area contributed by atoms with Crippen molar-refractivity contribution in [2.24, 2.45) is 5.73 Å². The molecule has 0 aliphatic heterocycles. The Kier molecular flexibility index (Phi) is 2.66. The SMILES string of the molecule is CC1=CC=C(C(C)N)C=CC1. The van der Waals surface area contributed by atoms with Gasteiger partial charge in [0.2, 0.25) is 0 Å². The van der Waals surface area contributed by atoms with Crippen LogP contribution >= 0.6 is 0 Å². The van der Waals surface area contributed by atoms with E-state index in [2.05, 4.69) is 31.2 Å². The average molecular weight is 149 g/mol. The zero-order valence-corrected chi connectivity index (χ0v) is 7.17. The van der Waals surface area contributed by atoms with Crippen LogP contribution in [0.25, 0.3) is 0 Å². The van der Waals surface area contributed by atoms with Crippen LogP contribution in [-0.2, 0) is 0 Å². The molecule has 0 fully saturated rings. The fraction of sp³-hybridized carbons (Fsp3) is 0.400. The number of hydrogen-bond donors (Lipinski definition) is 1. The molecule has 0 heterocycles. The third-order valence-electron chi connectivity index (χ3n) is 1.84. The molecule has 0 saturated carbocycles. The first-order chi connectivity index (χ1) is 5.20. The summed E-state index contributed by atoms with van der Waals surface area (Å²) in [6.45, 7) is 4.13. The van der Waals surface area contributed by atoms with E-state index in [4.69, 9.17) is 5.73 Å². The Hall–Kier alpha value is -0.820. The minimum atomic E-state index is 0.147. The smallest absolute Gasteiger partial charge is 0.0265 e. The van der Waals surface area contributed by atoms with E-state index in [9.17, 15) is 0 Å². The molecule has 1 heteroatoms. The van der Waals surface area contributed by atoms with E-state index in [0.29, 0.717) is 0 Å². The Morgan fingerprint density at radius 3 is 2.82 bits per heavy atom. The average Bonchev–Trinajstić information content (AvgIpc) is 2.13. The van der Waals surface area contributed by atoms with E-state index in [1.165, 1.54) is 11.1 Å². The monoisotopic (exact) mass is 149 g/mol. The highest BCUT2D eigenvalue weighted by Gasteiger charge is 1.99. The zero-order valence-electron chi connectivity index (χ0n) is 7.17. The minimum absolute atomic E-state index is 0.147. The molecule has 1 aliphatic carbocycles. The summed E-state index contributed by atoms with van der Waals surface area (Å²) in [5.41, 5.74) is 8.33. The van der Waals surface area contributed by atoms with Crippen molar-refractivity contribution < 1.29 is 0 Å². The quantitative estimate of drug-likeness (QED) is 0.607. The first-order valence-corrected chi connectivity index (χ1v) is 3.99. The van der Waals surface area contributed by atoms with Crippen LogP contribution < -0.4 is 5.73 Å². The molecular formula is C10H15N. The Morgan fingerprint density at radius 2 is 2.18 bits per heavy atom. The van der Waals surface area contributed by atoms with Gasteiger partial charge in [0.1, 0.15) is 0 Å². The number of hydrogen-bond acceptors (Lipinski definition) is 1. The molecule has 1 unspecified atom stereocenters. The van der Waals surface area contributed by atoms with E-state index in [1.54, 1.807) is 0 Å². The Bertz CT molecular complexity index is 219. The van der Waals surface area contributed by atoms with Crippen LogP contribution in [0.1, 0.15) is 20.3 Å². The molecule has 60 valence electrons. The molecule has 1 atom stereocenters. The molecule has 0 radical (unpaired) electrons. The highest BCUT2D eigenvalue weighted by molar-refractivity contribution is 5.32. The lowest BCUT2D eigenvalue weighted by atomic mass is 10.1. The predicted octanol–water partition coefficient (Wildman–Crippen LogP) is 2.17. The predicted molar refractivity (Wildman–Crippen MR) is 49.2 cm³/mol. The summed E-state index contributed by atoms with van der Waals surface area (Å²) in [5.74, 6) is 0. The molecule has 1 nitrogen and oxygen atoms in total. The molecule has 1 aliphatic rings. The van der Waals surface area contributed by atoms with Crippen LogP contribution in [0.2, 0.25) is 0 Å². The lowest BCUT2D eigenvalue weighted by Crippen LogP contribution is -2.16. The molecule has 1 rings (SSSR count). The van der Waals surface area contributed by atoms with Crippen LogP contribution in [0.4, 0.5) is 0 Å². The van der Waals surface area contributed by atoms with Gasteiger partial charge in [-0.2, -0.15) is 0 Å². The van der Waals surface area contributed by atoms with Gasteiger partial charge >= 0.3 is 0 Å².